The number of rotatable bonds is 44. The fourth-order valence-electron chi connectivity index (χ4n) is 6.33. The first-order valence-electron chi connectivity index (χ1n) is 25.7. The van der Waals surface area contributed by atoms with Gasteiger partial charge in [-0.1, -0.05) is 193 Å². The maximum absolute atomic E-state index is 12.8. The predicted octanol–water partition coefficient (Wildman–Crippen LogP) is 17.1. The van der Waals surface area contributed by atoms with Crippen molar-refractivity contribution in [3.63, 3.8) is 0 Å². The van der Waals surface area contributed by atoms with Crippen LogP contribution in [0.1, 0.15) is 201 Å². The van der Waals surface area contributed by atoms with Crippen molar-refractivity contribution in [2.45, 2.75) is 207 Å². The van der Waals surface area contributed by atoms with Gasteiger partial charge in [0.25, 0.3) is 0 Å². The number of hydrogen-bond acceptors (Lipinski definition) is 6. The maximum Gasteiger partial charge on any atom is 0.306 e. The Morgan fingerprint density at radius 3 is 1.08 bits per heavy atom. The summed E-state index contributed by atoms with van der Waals surface area (Å²) in [7, 11) is 0. The van der Waals surface area contributed by atoms with Crippen LogP contribution in [-0.2, 0) is 28.6 Å². The van der Waals surface area contributed by atoms with Crippen molar-refractivity contribution in [2.75, 3.05) is 13.2 Å². The van der Waals surface area contributed by atoms with Gasteiger partial charge in [0, 0.05) is 19.3 Å². The Morgan fingerprint density at radius 2 is 0.631 bits per heavy atom. The first kappa shape index (κ1) is 60.6. The van der Waals surface area contributed by atoms with Crippen LogP contribution in [0, 0.1) is 0 Å². The third-order valence-electron chi connectivity index (χ3n) is 10.1. The molecule has 0 radical (unpaired) electrons. The smallest absolute Gasteiger partial charge is 0.306 e. The minimum atomic E-state index is -0.834. The van der Waals surface area contributed by atoms with Gasteiger partial charge in [-0.25, -0.2) is 0 Å². The third kappa shape index (κ3) is 50.4. The Balaban J connectivity index is 4.59. The average Bonchev–Trinajstić information content (AvgIpc) is 3.30. The summed E-state index contributed by atoms with van der Waals surface area (Å²) in [6.07, 6.45) is 73.0. The molecule has 0 amide bonds. The number of carbonyl (C=O) groups is 3. The molecular formula is C59H92O6. The van der Waals surface area contributed by atoms with Crippen molar-refractivity contribution in [1.29, 1.82) is 0 Å². The largest absolute Gasteiger partial charge is 0.462 e. The Bertz CT molecular complexity index is 1450. The third-order valence-corrected chi connectivity index (χ3v) is 10.1. The molecule has 1 atom stereocenters. The summed E-state index contributed by atoms with van der Waals surface area (Å²) in [6, 6.07) is 0. The van der Waals surface area contributed by atoms with Gasteiger partial charge in [0.2, 0.25) is 0 Å². The van der Waals surface area contributed by atoms with E-state index in [1.54, 1.807) is 0 Å². The number of unbranched alkanes of at least 4 members (excludes halogenated alkanes) is 11. The Morgan fingerprint density at radius 1 is 0.323 bits per heavy atom. The maximum atomic E-state index is 12.8. The van der Waals surface area contributed by atoms with Crippen LogP contribution in [0.5, 0.6) is 0 Å². The summed E-state index contributed by atoms with van der Waals surface area (Å²) in [5, 5.41) is 0. The quantitative estimate of drug-likeness (QED) is 0.0262. The fourth-order valence-corrected chi connectivity index (χ4v) is 6.33. The van der Waals surface area contributed by atoms with Crippen LogP contribution in [0.15, 0.2) is 134 Å². The van der Waals surface area contributed by atoms with E-state index in [9.17, 15) is 14.4 Å². The van der Waals surface area contributed by atoms with E-state index in [4.69, 9.17) is 14.2 Å². The number of carbonyl (C=O) groups excluding carboxylic acids is 3. The van der Waals surface area contributed by atoms with Crippen molar-refractivity contribution >= 4 is 17.9 Å². The molecule has 0 heterocycles. The zero-order valence-electron chi connectivity index (χ0n) is 41.4. The Hall–Kier alpha value is -4.45. The lowest BCUT2D eigenvalue weighted by Crippen LogP contribution is -2.30. The number of esters is 3. The second-order valence-corrected chi connectivity index (χ2v) is 16.3. The van der Waals surface area contributed by atoms with E-state index in [1.165, 1.54) is 38.5 Å². The highest BCUT2D eigenvalue weighted by molar-refractivity contribution is 5.71. The zero-order valence-corrected chi connectivity index (χ0v) is 41.4. The molecule has 0 aliphatic heterocycles. The lowest BCUT2D eigenvalue weighted by atomic mass is 10.1. The van der Waals surface area contributed by atoms with E-state index in [0.717, 1.165) is 109 Å². The van der Waals surface area contributed by atoms with Crippen LogP contribution >= 0.6 is 0 Å². The van der Waals surface area contributed by atoms with Crippen molar-refractivity contribution in [3.8, 4) is 0 Å². The first-order valence-corrected chi connectivity index (χ1v) is 25.7. The van der Waals surface area contributed by atoms with E-state index >= 15 is 0 Å². The second-order valence-electron chi connectivity index (χ2n) is 16.3. The topological polar surface area (TPSA) is 78.9 Å². The Labute approximate surface area is 398 Å². The molecule has 6 nitrogen and oxygen atoms in total. The van der Waals surface area contributed by atoms with Crippen molar-refractivity contribution < 1.29 is 28.6 Å². The lowest BCUT2D eigenvalue weighted by Gasteiger charge is -2.18. The van der Waals surface area contributed by atoms with Gasteiger partial charge in [-0.2, -0.15) is 0 Å². The highest BCUT2D eigenvalue weighted by Gasteiger charge is 2.19. The molecule has 0 aliphatic rings. The SMILES string of the molecule is CC/C=C\C/C=C\C/C=C\C/C=C\C/C=C\C/C=C\CCC(=O)OC[C@H](COC(=O)CCCC/C=C\C/C=C\C/C=C\C/C=C\CC)OC(=O)CCCCCCC/C=C\CCCCCC. The lowest BCUT2D eigenvalue weighted by molar-refractivity contribution is -0.166. The van der Waals surface area contributed by atoms with Gasteiger partial charge >= 0.3 is 17.9 Å². The molecule has 0 fully saturated rings. The summed E-state index contributed by atoms with van der Waals surface area (Å²) in [4.78, 5) is 37.9. The van der Waals surface area contributed by atoms with E-state index < -0.39 is 6.10 Å². The summed E-state index contributed by atoms with van der Waals surface area (Å²) in [5.41, 5.74) is 0. The molecular weight excluding hydrogens is 805 g/mol. The van der Waals surface area contributed by atoms with Crippen LogP contribution in [0.4, 0.5) is 0 Å². The van der Waals surface area contributed by atoms with E-state index in [2.05, 4.69) is 142 Å². The summed E-state index contributed by atoms with van der Waals surface area (Å²) in [5.74, 6) is -1.07. The van der Waals surface area contributed by atoms with E-state index in [1.807, 2.05) is 12.2 Å². The van der Waals surface area contributed by atoms with Gasteiger partial charge in [0.15, 0.2) is 6.10 Å². The molecule has 0 aromatic rings. The standard InChI is InChI=1S/C59H92O6/c1-4-7-10-13-16-19-22-25-27-28-29-30-32-35-37-40-43-46-49-52-58(61)64-55-56(65-59(62)53-50-47-44-41-38-33-24-21-18-15-12-9-6-3)54-63-57(60)51-48-45-42-39-36-34-31-26-23-20-17-14-11-8-5-2/h7-8,10-11,16-17,19-21,24-27,29-31,35-37,39,43,46,56H,4-6,9,12-15,18,22-23,28,32-34,38,40-42,44-45,47-55H2,1-3H3/b10-7-,11-8-,19-16-,20-17-,24-21-,27-25-,30-29-,31-26-,37-35-,39-36-,46-43-/t56-/m0/s1. The monoisotopic (exact) mass is 897 g/mol. The molecule has 0 N–H and O–H groups in total. The summed E-state index contributed by atoms with van der Waals surface area (Å²) >= 11 is 0. The minimum Gasteiger partial charge on any atom is -0.462 e. The molecule has 0 spiro atoms. The molecule has 0 unspecified atom stereocenters. The predicted molar refractivity (Wildman–Crippen MR) is 279 cm³/mol. The molecule has 0 aliphatic carbocycles. The molecule has 0 bridgehead atoms. The van der Waals surface area contributed by atoms with Crippen LogP contribution in [0.3, 0.4) is 0 Å². The highest BCUT2D eigenvalue weighted by Crippen LogP contribution is 2.12. The molecule has 0 aromatic carbocycles. The van der Waals surface area contributed by atoms with Crippen molar-refractivity contribution in [3.05, 3.63) is 134 Å². The van der Waals surface area contributed by atoms with Gasteiger partial charge < -0.3 is 14.2 Å². The van der Waals surface area contributed by atoms with E-state index in [0.29, 0.717) is 12.8 Å². The van der Waals surface area contributed by atoms with Gasteiger partial charge in [-0.05, 0) is 122 Å². The van der Waals surface area contributed by atoms with E-state index in [-0.39, 0.29) is 50.4 Å². The molecule has 0 saturated heterocycles. The second kappa shape index (κ2) is 52.2. The van der Waals surface area contributed by atoms with Crippen LogP contribution in [-0.4, -0.2) is 37.2 Å². The number of hydrogen-bond donors (Lipinski definition) is 0. The molecule has 6 heteroatoms. The first-order chi connectivity index (χ1) is 32.0. The van der Waals surface area contributed by atoms with Crippen LogP contribution in [0.2, 0.25) is 0 Å². The summed E-state index contributed by atoms with van der Waals surface area (Å²) < 4.78 is 16.7. The van der Waals surface area contributed by atoms with Gasteiger partial charge in [-0.3, -0.25) is 14.4 Å². The molecule has 0 rings (SSSR count). The fraction of sp³-hybridized carbons (Fsp3) is 0.576. The van der Waals surface area contributed by atoms with Crippen LogP contribution < -0.4 is 0 Å². The van der Waals surface area contributed by atoms with Crippen molar-refractivity contribution in [1.82, 2.24) is 0 Å². The van der Waals surface area contributed by atoms with Crippen molar-refractivity contribution in [2.24, 2.45) is 0 Å². The minimum absolute atomic E-state index is 0.131. The number of ether oxygens (including phenoxy) is 3. The summed E-state index contributed by atoms with van der Waals surface area (Å²) in [6.45, 7) is 6.26. The highest BCUT2D eigenvalue weighted by atomic mass is 16.6. The normalized spacial score (nSPS) is 13.2. The Kier molecular flexibility index (Phi) is 48.6. The van der Waals surface area contributed by atoms with Gasteiger partial charge in [0.05, 0.1) is 0 Å². The van der Waals surface area contributed by atoms with Crippen LogP contribution in [0.25, 0.3) is 0 Å². The molecule has 0 aromatic heterocycles. The molecule has 364 valence electrons. The van der Waals surface area contributed by atoms with Gasteiger partial charge in [0.1, 0.15) is 13.2 Å². The zero-order chi connectivity index (χ0) is 47.2. The van der Waals surface area contributed by atoms with Gasteiger partial charge in [-0.15, -0.1) is 0 Å². The average molecular weight is 897 g/mol. The molecule has 0 saturated carbocycles. The number of allylic oxidation sites excluding steroid dienone is 22. The molecule has 65 heavy (non-hydrogen) atoms.